The molecule has 0 spiro atoms. The fourth-order valence-electron chi connectivity index (χ4n) is 0.112. The number of nitrogens with zero attached hydrogens (tertiary/aromatic N) is 1. The summed E-state index contributed by atoms with van der Waals surface area (Å²) < 4.78 is 7.69. The molecule has 7 heavy (non-hydrogen) atoms. The molecule has 0 aromatic heterocycles. The highest BCUT2D eigenvalue weighted by atomic mass is 35.5. The van der Waals surface area contributed by atoms with Crippen LogP contribution in [0.25, 0.3) is 0 Å². The van der Waals surface area contributed by atoms with Gasteiger partial charge in [-0.1, -0.05) is 0 Å². The van der Waals surface area contributed by atoms with Crippen LogP contribution in [0.4, 0.5) is 0 Å². The molecule has 0 aliphatic carbocycles. The smallest absolute Gasteiger partial charge is 0.215 e. The Kier molecular flexibility index (Phi) is 4.25. The van der Waals surface area contributed by atoms with Crippen molar-refractivity contribution in [1.82, 2.24) is 0 Å². The maximum Gasteiger partial charge on any atom is 0.215 e. The van der Waals surface area contributed by atoms with Crippen molar-refractivity contribution >= 4 is 29.3 Å². The van der Waals surface area contributed by atoms with E-state index >= 15 is 0 Å². The minimum Gasteiger partial charge on any atom is -0.483 e. The first-order valence-electron chi connectivity index (χ1n) is 1.63. The molecule has 0 saturated heterocycles. The van der Waals surface area contributed by atoms with Crippen molar-refractivity contribution < 1.29 is 4.74 Å². The number of hydrogen-bond donors (Lipinski definition) is 0. The molecule has 0 rings (SSSR count). The van der Waals surface area contributed by atoms with Gasteiger partial charge in [0, 0.05) is 11.8 Å². The van der Waals surface area contributed by atoms with Gasteiger partial charge in [0.1, 0.15) is 0 Å². The third kappa shape index (κ3) is 2.71. The second-order valence-electron chi connectivity index (χ2n) is 0.816. The number of rotatable bonds is 1. The summed E-state index contributed by atoms with van der Waals surface area (Å²) in [7, 11) is 1.46. The summed E-state index contributed by atoms with van der Waals surface area (Å²) in [4.78, 5) is 0. The first-order valence-corrected chi connectivity index (χ1v) is 2.50. The predicted molar refractivity (Wildman–Crippen MR) is 31.0 cm³/mol. The Labute approximate surface area is 52.2 Å². The zero-order valence-corrected chi connectivity index (χ0v) is 5.33. The molecule has 0 fully saturated rings. The van der Waals surface area contributed by atoms with Crippen LogP contribution in [0.1, 0.15) is 0 Å². The van der Waals surface area contributed by atoms with Crippen molar-refractivity contribution in [3.63, 3.8) is 0 Å². The van der Waals surface area contributed by atoms with E-state index in [9.17, 15) is 0 Å². The van der Waals surface area contributed by atoms with Gasteiger partial charge in [-0.2, -0.15) is 0 Å². The zero-order chi connectivity index (χ0) is 5.70. The molecule has 0 saturated carbocycles. The molecule has 0 aromatic rings. The van der Waals surface area contributed by atoms with Gasteiger partial charge in [-0.05, 0) is 0 Å². The van der Waals surface area contributed by atoms with Gasteiger partial charge in [0.2, 0.25) is 5.90 Å². The normalized spacial score (nSPS) is 11.6. The molecule has 0 bridgehead atoms. The standard InChI is InChI=1S/C3H5Cl2NO/c1-7-3(2-4)6-5/h2H2,1H3. The van der Waals surface area contributed by atoms with Gasteiger partial charge in [-0.3, -0.25) is 0 Å². The Morgan fingerprint density at radius 2 is 2.43 bits per heavy atom. The van der Waals surface area contributed by atoms with Crippen LogP contribution in [0, 0.1) is 0 Å². The van der Waals surface area contributed by atoms with E-state index in [-0.39, 0.29) is 5.88 Å². The molecule has 0 radical (unpaired) electrons. The van der Waals surface area contributed by atoms with Crippen LogP contribution in [0.3, 0.4) is 0 Å². The van der Waals surface area contributed by atoms with Crippen molar-refractivity contribution in [2.75, 3.05) is 13.0 Å². The van der Waals surface area contributed by atoms with E-state index in [4.69, 9.17) is 23.4 Å². The lowest BCUT2D eigenvalue weighted by atomic mass is 10.8. The molecule has 4 heteroatoms. The van der Waals surface area contributed by atoms with Crippen LogP contribution < -0.4 is 0 Å². The predicted octanol–water partition coefficient (Wildman–Crippen LogP) is 1.42. The summed E-state index contributed by atoms with van der Waals surface area (Å²) >= 11 is 10.2. The highest BCUT2D eigenvalue weighted by molar-refractivity contribution is 6.30. The van der Waals surface area contributed by atoms with Crippen molar-refractivity contribution in [2.45, 2.75) is 0 Å². The summed E-state index contributed by atoms with van der Waals surface area (Å²) in [6.07, 6.45) is 0. The lowest BCUT2D eigenvalue weighted by Gasteiger charge is -1.92. The number of halogens is 2. The summed E-state index contributed by atoms with van der Waals surface area (Å²) in [5.41, 5.74) is 0. The van der Waals surface area contributed by atoms with Crippen LogP contribution >= 0.6 is 23.4 Å². The fourth-order valence-corrected chi connectivity index (χ4v) is 0.470. The summed E-state index contributed by atoms with van der Waals surface area (Å²) in [6.45, 7) is 0. The van der Waals surface area contributed by atoms with Crippen LogP contribution in [0.2, 0.25) is 0 Å². The molecule has 0 atom stereocenters. The van der Waals surface area contributed by atoms with E-state index in [0.717, 1.165) is 0 Å². The fraction of sp³-hybridized carbons (Fsp3) is 0.667. The van der Waals surface area contributed by atoms with Crippen LogP contribution in [-0.2, 0) is 4.74 Å². The molecule has 0 N–H and O–H groups in total. The summed E-state index contributed by atoms with van der Waals surface area (Å²) in [5.74, 6) is 0.559. The van der Waals surface area contributed by atoms with E-state index < -0.39 is 0 Å². The number of alkyl halides is 1. The molecule has 0 unspecified atom stereocenters. The second-order valence-corrected chi connectivity index (χ2v) is 1.25. The molecular formula is C3H5Cl2NO. The SMILES string of the molecule is COC(CCl)=NCl. The number of methoxy groups -OCH3 is 1. The quantitative estimate of drug-likeness (QED) is 0.308. The van der Waals surface area contributed by atoms with Gasteiger partial charge in [-0.25, -0.2) is 0 Å². The van der Waals surface area contributed by atoms with E-state index in [1.54, 1.807) is 0 Å². The zero-order valence-electron chi connectivity index (χ0n) is 3.82. The highest BCUT2D eigenvalue weighted by Gasteiger charge is 1.89. The second kappa shape index (κ2) is 4.22. The third-order valence-electron chi connectivity index (χ3n) is 0.444. The third-order valence-corrected chi connectivity index (χ3v) is 0.861. The molecular weight excluding hydrogens is 137 g/mol. The molecule has 0 aromatic carbocycles. The first kappa shape index (κ1) is 7.05. The van der Waals surface area contributed by atoms with Crippen molar-refractivity contribution in [3.05, 3.63) is 0 Å². The van der Waals surface area contributed by atoms with Gasteiger partial charge in [0.15, 0.2) is 0 Å². The van der Waals surface area contributed by atoms with Crippen molar-refractivity contribution in [3.8, 4) is 0 Å². The largest absolute Gasteiger partial charge is 0.483 e. The van der Waals surface area contributed by atoms with Crippen LogP contribution in [0.5, 0.6) is 0 Å². The average Bonchev–Trinajstić information content (AvgIpc) is 1.72. The van der Waals surface area contributed by atoms with E-state index in [1.807, 2.05) is 0 Å². The highest BCUT2D eigenvalue weighted by Crippen LogP contribution is 1.86. The number of ether oxygens (including phenoxy) is 1. The Balaban J connectivity index is 3.38. The van der Waals surface area contributed by atoms with E-state index in [2.05, 4.69) is 9.25 Å². The Morgan fingerprint density at radius 3 is 2.43 bits per heavy atom. The van der Waals surface area contributed by atoms with E-state index in [0.29, 0.717) is 5.90 Å². The summed E-state index contributed by atoms with van der Waals surface area (Å²) in [6, 6.07) is 0. The molecule has 0 aliphatic rings. The Hall–Kier alpha value is 0.0500. The topological polar surface area (TPSA) is 21.6 Å². The molecule has 0 aliphatic heterocycles. The van der Waals surface area contributed by atoms with Gasteiger partial charge in [0.05, 0.1) is 13.0 Å². The Bertz CT molecular complexity index is 67.3. The van der Waals surface area contributed by atoms with Crippen LogP contribution in [0.15, 0.2) is 4.51 Å². The average molecular weight is 142 g/mol. The van der Waals surface area contributed by atoms with E-state index in [1.165, 1.54) is 7.11 Å². The monoisotopic (exact) mass is 141 g/mol. The molecule has 0 heterocycles. The van der Waals surface area contributed by atoms with Gasteiger partial charge >= 0.3 is 0 Å². The minimum absolute atomic E-state index is 0.222. The molecule has 2 nitrogen and oxygen atoms in total. The van der Waals surface area contributed by atoms with Crippen LogP contribution in [-0.4, -0.2) is 18.9 Å². The minimum atomic E-state index is 0.222. The lowest BCUT2D eigenvalue weighted by molar-refractivity contribution is 0.402. The molecule has 0 amide bonds. The summed E-state index contributed by atoms with van der Waals surface area (Å²) in [5, 5.41) is 0. The Morgan fingerprint density at radius 1 is 1.86 bits per heavy atom. The van der Waals surface area contributed by atoms with Crippen molar-refractivity contribution in [2.24, 2.45) is 4.51 Å². The van der Waals surface area contributed by atoms with Gasteiger partial charge in [-0.15, -0.1) is 16.1 Å². The van der Waals surface area contributed by atoms with Gasteiger partial charge < -0.3 is 4.74 Å². The maximum atomic E-state index is 5.23. The number of hydrogen-bond acceptors (Lipinski definition) is 2. The van der Waals surface area contributed by atoms with Gasteiger partial charge in [0.25, 0.3) is 0 Å². The lowest BCUT2D eigenvalue weighted by Crippen LogP contribution is -1.99. The maximum absolute atomic E-state index is 5.23. The molecule has 42 valence electrons. The first-order chi connectivity index (χ1) is 3.35. The van der Waals surface area contributed by atoms with Crippen molar-refractivity contribution in [1.29, 1.82) is 0 Å².